The van der Waals surface area contributed by atoms with Gasteiger partial charge in [-0.2, -0.15) is 0 Å². The molecule has 11 nitrogen and oxygen atoms in total. The van der Waals surface area contributed by atoms with Gasteiger partial charge >= 0.3 is 6.09 Å². The van der Waals surface area contributed by atoms with Crippen LogP contribution in [-0.4, -0.2) is 60.8 Å². The van der Waals surface area contributed by atoms with Crippen LogP contribution in [0.1, 0.15) is 26.3 Å². The van der Waals surface area contributed by atoms with E-state index < -0.39 is 54.9 Å². The van der Waals surface area contributed by atoms with Crippen LogP contribution >= 0.6 is 0 Å². The predicted molar refractivity (Wildman–Crippen MR) is 103 cm³/mol. The van der Waals surface area contributed by atoms with Crippen molar-refractivity contribution in [2.45, 2.75) is 37.2 Å². The maximum atomic E-state index is 14.7. The molecule has 2 heterocycles. The lowest BCUT2D eigenvalue weighted by molar-refractivity contribution is -0.385. The minimum atomic E-state index is -4.16. The molecular weight excluding hydrogens is 423 g/mol. The van der Waals surface area contributed by atoms with E-state index in [1.54, 1.807) is 20.8 Å². The average molecular weight is 444 g/mol. The molecule has 164 valence electrons. The zero-order chi connectivity index (χ0) is 22.5. The first-order chi connectivity index (χ1) is 13.8. The molecule has 0 unspecified atom stereocenters. The number of carbonyl (C=O) groups is 1. The topological polar surface area (TPSA) is 140 Å². The van der Waals surface area contributed by atoms with Crippen LogP contribution in [-0.2, 0) is 25.0 Å². The van der Waals surface area contributed by atoms with Crippen molar-refractivity contribution in [1.82, 2.24) is 9.62 Å². The fraction of sp³-hybridized carbons (Fsp3) is 0.529. The molecular formula is C17H21FN4O7S. The van der Waals surface area contributed by atoms with Crippen molar-refractivity contribution >= 4 is 27.8 Å². The van der Waals surface area contributed by atoms with Gasteiger partial charge < -0.3 is 9.47 Å². The second-order valence-corrected chi connectivity index (χ2v) is 10.1. The summed E-state index contributed by atoms with van der Waals surface area (Å²) >= 11 is 0. The third-order valence-electron chi connectivity index (χ3n) is 4.71. The first kappa shape index (κ1) is 21.9. The Labute approximate surface area is 172 Å². The number of nitro groups is 1. The molecule has 1 amide bonds. The van der Waals surface area contributed by atoms with Crippen molar-refractivity contribution in [2.24, 2.45) is 4.99 Å². The van der Waals surface area contributed by atoms with E-state index in [4.69, 9.17) is 9.47 Å². The van der Waals surface area contributed by atoms with E-state index in [-0.39, 0.29) is 18.8 Å². The number of carbonyl (C=O) groups excluding carboxylic acids is 1. The highest BCUT2D eigenvalue weighted by molar-refractivity contribution is 7.90. The standard InChI is InChI=1S/C17H21FN4O7S/c1-16(2,3)29-15(23)19-14-20-17(9-28-8-13(17)30(26,27)21(14)4)11-7-10(22(24)25)5-6-12(11)18/h5-7,13H,8-9H2,1-4H3,(H,19,20,23)/t13-,17-/m1/s1. The number of hydrogen-bond acceptors (Lipinski definition) is 8. The number of nitrogens with one attached hydrogen (secondary N) is 1. The van der Waals surface area contributed by atoms with Crippen LogP contribution in [0.15, 0.2) is 23.2 Å². The number of benzene rings is 1. The van der Waals surface area contributed by atoms with Gasteiger partial charge in [0.05, 0.1) is 18.1 Å². The van der Waals surface area contributed by atoms with Crippen LogP contribution in [0.4, 0.5) is 14.9 Å². The quantitative estimate of drug-likeness (QED) is 0.538. The molecule has 1 N–H and O–H groups in total. The molecule has 1 aromatic rings. The molecule has 0 aliphatic carbocycles. The number of alkyl carbamates (subject to hydrolysis) is 1. The SMILES string of the molecule is CN1C(NC(=O)OC(C)(C)C)=N[C@@]2(c3cc([N+](=O)[O-])ccc3F)COC[C@H]2S1(=O)=O. The summed E-state index contributed by atoms with van der Waals surface area (Å²) in [5.41, 5.74) is -3.41. The van der Waals surface area contributed by atoms with Crippen LogP contribution in [0, 0.1) is 15.9 Å². The third kappa shape index (κ3) is 3.69. The Kier molecular flexibility index (Phi) is 5.23. The van der Waals surface area contributed by atoms with Crippen molar-refractivity contribution in [3.8, 4) is 0 Å². The van der Waals surface area contributed by atoms with Gasteiger partial charge in [0.2, 0.25) is 16.0 Å². The average Bonchev–Trinajstić information content (AvgIpc) is 3.04. The summed E-state index contributed by atoms with van der Waals surface area (Å²) in [4.78, 5) is 27.0. The van der Waals surface area contributed by atoms with E-state index >= 15 is 0 Å². The number of aliphatic imine (C=N–C) groups is 1. The zero-order valence-corrected chi connectivity index (χ0v) is 17.5. The minimum absolute atomic E-state index is 0.294. The Morgan fingerprint density at radius 3 is 2.73 bits per heavy atom. The Balaban J connectivity index is 2.16. The summed E-state index contributed by atoms with van der Waals surface area (Å²) < 4.78 is 52.2. The van der Waals surface area contributed by atoms with Crippen molar-refractivity contribution in [2.75, 3.05) is 20.3 Å². The lowest BCUT2D eigenvalue weighted by atomic mass is 9.88. The molecule has 13 heteroatoms. The van der Waals surface area contributed by atoms with Gasteiger partial charge in [-0.1, -0.05) is 0 Å². The Morgan fingerprint density at radius 1 is 1.47 bits per heavy atom. The molecule has 0 spiro atoms. The van der Waals surface area contributed by atoms with E-state index in [0.29, 0.717) is 0 Å². The second-order valence-electron chi connectivity index (χ2n) is 7.92. The number of ether oxygens (including phenoxy) is 2. The first-order valence-electron chi connectivity index (χ1n) is 8.88. The molecule has 30 heavy (non-hydrogen) atoms. The number of sulfonamides is 1. The maximum absolute atomic E-state index is 14.7. The van der Waals surface area contributed by atoms with Gasteiger partial charge in [0, 0.05) is 24.7 Å². The van der Waals surface area contributed by atoms with E-state index in [2.05, 4.69) is 10.3 Å². The molecule has 0 saturated carbocycles. The number of fused-ring (bicyclic) bond motifs is 1. The number of non-ortho nitro benzene ring substituents is 1. The van der Waals surface area contributed by atoms with Crippen LogP contribution in [0.2, 0.25) is 0 Å². The number of nitrogens with zero attached hydrogens (tertiary/aromatic N) is 3. The Morgan fingerprint density at radius 2 is 2.13 bits per heavy atom. The van der Waals surface area contributed by atoms with E-state index in [1.807, 2.05) is 0 Å². The smallest absolute Gasteiger partial charge is 0.414 e. The van der Waals surface area contributed by atoms with Crippen molar-refractivity contribution in [3.05, 3.63) is 39.7 Å². The molecule has 3 rings (SSSR count). The van der Waals surface area contributed by atoms with Gasteiger partial charge in [-0.15, -0.1) is 0 Å². The Bertz CT molecular complexity index is 1040. The Hall–Kier alpha value is -2.80. The largest absolute Gasteiger partial charge is 0.444 e. The number of amides is 1. The summed E-state index contributed by atoms with van der Waals surface area (Å²) in [6, 6.07) is 2.78. The van der Waals surface area contributed by atoms with Gasteiger partial charge in [0.25, 0.3) is 5.69 Å². The summed E-state index contributed by atoms with van der Waals surface area (Å²) in [7, 11) is -2.99. The number of hydrogen-bond donors (Lipinski definition) is 1. The van der Waals surface area contributed by atoms with Gasteiger partial charge in [-0.25, -0.2) is 26.9 Å². The van der Waals surface area contributed by atoms with Crippen molar-refractivity contribution in [3.63, 3.8) is 0 Å². The maximum Gasteiger partial charge on any atom is 0.414 e. The van der Waals surface area contributed by atoms with E-state index in [9.17, 15) is 27.7 Å². The molecule has 1 saturated heterocycles. The summed E-state index contributed by atoms with van der Waals surface area (Å²) in [6.07, 6.45) is -0.963. The fourth-order valence-corrected chi connectivity index (χ4v) is 5.05. The number of nitro benzene ring substituents is 1. The molecule has 1 aromatic carbocycles. The molecule has 1 fully saturated rings. The monoisotopic (exact) mass is 444 g/mol. The van der Waals surface area contributed by atoms with Gasteiger partial charge in [-0.3, -0.25) is 15.4 Å². The first-order valence-corrected chi connectivity index (χ1v) is 10.4. The lowest BCUT2D eigenvalue weighted by Crippen LogP contribution is -2.59. The number of halogens is 1. The molecule has 0 radical (unpaired) electrons. The fourth-order valence-electron chi connectivity index (χ4n) is 3.33. The molecule has 2 aliphatic heterocycles. The zero-order valence-electron chi connectivity index (χ0n) is 16.7. The summed E-state index contributed by atoms with van der Waals surface area (Å²) in [5, 5.41) is 12.1. The lowest BCUT2D eigenvalue weighted by Gasteiger charge is -2.39. The molecule has 2 atom stereocenters. The van der Waals surface area contributed by atoms with Gasteiger partial charge in [0.15, 0.2) is 0 Å². The van der Waals surface area contributed by atoms with E-state index in [0.717, 1.165) is 22.5 Å². The summed E-state index contributed by atoms with van der Waals surface area (Å²) in [5.74, 6) is -1.28. The van der Waals surface area contributed by atoms with Crippen molar-refractivity contribution in [1.29, 1.82) is 0 Å². The van der Waals surface area contributed by atoms with Crippen LogP contribution in [0.5, 0.6) is 0 Å². The van der Waals surface area contributed by atoms with Gasteiger partial charge in [-0.05, 0) is 26.8 Å². The third-order valence-corrected chi connectivity index (χ3v) is 6.89. The number of guanidine groups is 1. The summed E-state index contributed by atoms with van der Waals surface area (Å²) in [6.45, 7) is 4.23. The molecule has 0 bridgehead atoms. The predicted octanol–water partition coefficient (Wildman–Crippen LogP) is 1.48. The molecule has 0 aromatic heterocycles. The van der Waals surface area contributed by atoms with Gasteiger partial charge in [0.1, 0.15) is 22.2 Å². The van der Waals surface area contributed by atoms with Crippen molar-refractivity contribution < 1.29 is 32.0 Å². The molecule has 2 aliphatic rings. The second kappa shape index (κ2) is 7.16. The van der Waals surface area contributed by atoms with Crippen LogP contribution in [0.3, 0.4) is 0 Å². The van der Waals surface area contributed by atoms with Crippen LogP contribution in [0.25, 0.3) is 0 Å². The minimum Gasteiger partial charge on any atom is -0.444 e. The highest BCUT2D eigenvalue weighted by Gasteiger charge is 2.59. The number of rotatable bonds is 2. The highest BCUT2D eigenvalue weighted by Crippen LogP contribution is 2.44. The normalized spacial score (nSPS) is 25.3. The van der Waals surface area contributed by atoms with E-state index in [1.165, 1.54) is 7.05 Å². The van der Waals surface area contributed by atoms with Crippen LogP contribution < -0.4 is 5.32 Å². The highest BCUT2D eigenvalue weighted by atomic mass is 32.2.